The molecule has 0 N–H and O–H groups in total. The maximum Gasteiger partial charge on any atom is 0.164 e. The van der Waals surface area contributed by atoms with Crippen LogP contribution in [0.15, 0.2) is 186 Å². The summed E-state index contributed by atoms with van der Waals surface area (Å²) in [6.45, 7) is 0. The number of aromatic nitrogens is 3. The number of fused-ring (bicyclic) bond motifs is 9. The van der Waals surface area contributed by atoms with Crippen LogP contribution in [0.4, 0.5) is 0 Å². The van der Waals surface area contributed by atoms with Gasteiger partial charge in [0, 0.05) is 26.5 Å². The molecule has 0 fully saturated rings. The van der Waals surface area contributed by atoms with Crippen molar-refractivity contribution < 1.29 is 0 Å². The third kappa shape index (κ3) is 4.42. The molecule has 234 valence electrons. The maximum absolute atomic E-state index is 5.13. The van der Waals surface area contributed by atoms with Crippen molar-refractivity contribution in [1.29, 1.82) is 0 Å². The first kappa shape index (κ1) is 28.9. The minimum absolute atomic E-state index is 0.414. The predicted octanol–water partition coefficient (Wildman–Crippen LogP) is 11.4. The largest absolute Gasteiger partial charge is 0.208 e. The quantitative estimate of drug-likeness (QED) is 0.189. The lowest BCUT2D eigenvalue weighted by Crippen LogP contribution is -2.31. The molecule has 1 aliphatic carbocycles. The Morgan fingerprint density at radius 3 is 1.38 bits per heavy atom. The van der Waals surface area contributed by atoms with Gasteiger partial charge in [-0.05, 0) is 62.7 Å². The molecule has 0 radical (unpaired) electrons. The first-order chi connectivity index (χ1) is 24.8. The lowest BCUT2D eigenvalue weighted by molar-refractivity contribution is 0.722. The molecule has 1 spiro atoms. The van der Waals surface area contributed by atoms with Gasteiger partial charge in [-0.1, -0.05) is 169 Å². The Bertz CT molecular complexity index is 2520. The van der Waals surface area contributed by atoms with Crippen molar-refractivity contribution in [1.82, 2.24) is 15.0 Å². The monoisotopic (exact) mass is 655 g/mol. The van der Waals surface area contributed by atoms with Gasteiger partial charge in [-0.15, -0.1) is 0 Å². The highest BCUT2D eigenvalue weighted by Crippen LogP contribution is 2.62. The molecule has 2 aliphatic rings. The van der Waals surface area contributed by atoms with E-state index in [0.29, 0.717) is 17.5 Å². The van der Waals surface area contributed by atoms with Gasteiger partial charge in [0.15, 0.2) is 17.5 Å². The van der Waals surface area contributed by atoms with E-state index < -0.39 is 5.41 Å². The van der Waals surface area contributed by atoms with Gasteiger partial charge in [0.05, 0.1) is 5.41 Å². The fourth-order valence-corrected chi connectivity index (χ4v) is 8.98. The van der Waals surface area contributed by atoms with E-state index in [4.69, 9.17) is 15.0 Å². The molecule has 8 aromatic rings. The van der Waals surface area contributed by atoms with E-state index in [1.807, 2.05) is 36.0 Å². The van der Waals surface area contributed by atoms with Crippen LogP contribution in [-0.2, 0) is 5.41 Å². The van der Waals surface area contributed by atoms with E-state index in [1.165, 1.54) is 48.7 Å². The van der Waals surface area contributed by atoms with Crippen molar-refractivity contribution >= 4 is 11.8 Å². The van der Waals surface area contributed by atoms with Gasteiger partial charge < -0.3 is 0 Å². The molecule has 1 aliphatic heterocycles. The Labute approximate surface area is 295 Å². The van der Waals surface area contributed by atoms with Gasteiger partial charge in [-0.2, -0.15) is 0 Å². The summed E-state index contributed by atoms with van der Waals surface area (Å²) in [7, 11) is 0. The molecular formula is C46H29N3S. The minimum atomic E-state index is -0.414. The second-order valence-corrected chi connectivity index (χ2v) is 13.8. The highest BCUT2D eigenvalue weighted by atomic mass is 32.2. The van der Waals surface area contributed by atoms with Crippen molar-refractivity contribution in [3.8, 4) is 56.4 Å². The molecular weight excluding hydrogens is 627 g/mol. The number of rotatable bonds is 4. The summed E-state index contributed by atoms with van der Waals surface area (Å²) in [6, 6.07) is 62.6. The molecule has 0 amide bonds. The van der Waals surface area contributed by atoms with Gasteiger partial charge in [0.1, 0.15) is 0 Å². The van der Waals surface area contributed by atoms with E-state index >= 15 is 0 Å². The third-order valence-electron chi connectivity index (χ3n) is 10.0. The van der Waals surface area contributed by atoms with Gasteiger partial charge in [-0.25, -0.2) is 15.0 Å². The van der Waals surface area contributed by atoms with Gasteiger partial charge in [-0.3, -0.25) is 0 Å². The van der Waals surface area contributed by atoms with E-state index in [2.05, 4.69) is 152 Å². The molecule has 0 unspecified atom stereocenters. The molecule has 3 nitrogen and oxygen atoms in total. The normalized spacial score (nSPS) is 13.3. The van der Waals surface area contributed by atoms with Crippen LogP contribution in [0, 0.1) is 0 Å². The van der Waals surface area contributed by atoms with Crippen LogP contribution in [0.5, 0.6) is 0 Å². The number of nitrogens with zero attached hydrogens (tertiary/aromatic N) is 3. The first-order valence-corrected chi connectivity index (χ1v) is 17.7. The highest BCUT2D eigenvalue weighted by Gasteiger charge is 2.50. The summed E-state index contributed by atoms with van der Waals surface area (Å²) < 4.78 is 0. The van der Waals surface area contributed by atoms with Crippen LogP contribution in [-0.4, -0.2) is 15.0 Å². The molecule has 2 heterocycles. The van der Waals surface area contributed by atoms with Gasteiger partial charge in [0.2, 0.25) is 0 Å². The second kappa shape index (κ2) is 11.5. The van der Waals surface area contributed by atoms with Gasteiger partial charge in [0.25, 0.3) is 0 Å². The summed E-state index contributed by atoms with van der Waals surface area (Å²) in [5.41, 5.74) is 12.5. The Hall–Kier alpha value is -6.10. The molecule has 10 rings (SSSR count). The zero-order chi connectivity index (χ0) is 33.1. The van der Waals surface area contributed by atoms with Crippen LogP contribution in [0.1, 0.15) is 22.3 Å². The summed E-state index contributed by atoms with van der Waals surface area (Å²) in [5, 5.41) is 0. The van der Waals surface area contributed by atoms with Crippen molar-refractivity contribution in [3.63, 3.8) is 0 Å². The zero-order valence-electron chi connectivity index (χ0n) is 27.0. The lowest BCUT2D eigenvalue weighted by Gasteiger charge is -2.39. The number of hydrogen-bond acceptors (Lipinski definition) is 4. The zero-order valence-corrected chi connectivity index (χ0v) is 27.8. The highest BCUT2D eigenvalue weighted by molar-refractivity contribution is 7.99. The first-order valence-electron chi connectivity index (χ1n) is 16.9. The maximum atomic E-state index is 5.13. The Balaban J connectivity index is 1.16. The van der Waals surface area contributed by atoms with E-state index in [-0.39, 0.29) is 0 Å². The molecule has 4 heteroatoms. The van der Waals surface area contributed by atoms with Crippen LogP contribution in [0.2, 0.25) is 0 Å². The molecule has 0 saturated carbocycles. The number of benzene rings is 7. The Kier molecular flexibility index (Phi) is 6.64. The summed E-state index contributed by atoms with van der Waals surface area (Å²) in [6.07, 6.45) is 0. The molecule has 7 aromatic carbocycles. The molecule has 1 aromatic heterocycles. The lowest BCUT2D eigenvalue weighted by atomic mass is 9.67. The topological polar surface area (TPSA) is 38.7 Å². The predicted molar refractivity (Wildman–Crippen MR) is 203 cm³/mol. The van der Waals surface area contributed by atoms with Crippen molar-refractivity contribution in [3.05, 3.63) is 198 Å². The standard InChI is InChI=1S/C46H29N3S/c1-3-13-30(14-4-1)31-23-25-33(26-24-31)44-47-43(32-15-5-2-6-16-32)48-45(49-44)34-27-28-38-36(29-34)35-17-7-8-18-37(35)46(38)39-19-9-11-21-41(39)50-42-22-12-10-20-40(42)46/h1-29H. The van der Waals surface area contributed by atoms with Crippen molar-refractivity contribution in [2.24, 2.45) is 0 Å². The fourth-order valence-electron chi connectivity index (χ4n) is 7.79. The average Bonchev–Trinajstić information content (AvgIpc) is 3.48. The van der Waals surface area contributed by atoms with Crippen molar-refractivity contribution in [2.45, 2.75) is 15.2 Å². The van der Waals surface area contributed by atoms with E-state index in [9.17, 15) is 0 Å². The summed E-state index contributed by atoms with van der Waals surface area (Å²) in [4.78, 5) is 17.8. The second-order valence-electron chi connectivity index (χ2n) is 12.8. The van der Waals surface area contributed by atoms with Gasteiger partial charge >= 0.3 is 0 Å². The summed E-state index contributed by atoms with van der Waals surface area (Å²) in [5.74, 6) is 1.96. The smallest absolute Gasteiger partial charge is 0.164 e. The van der Waals surface area contributed by atoms with E-state index in [0.717, 1.165) is 22.3 Å². The SMILES string of the molecule is c1ccc(-c2ccc(-c3nc(-c4ccccc4)nc(-c4ccc5c(c4)-c4ccccc4C54c5ccccc5Sc5ccccc54)n3)cc2)cc1. The van der Waals surface area contributed by atoms with Crippen LogP contribution < -0.4 is 0 Å². The number of hydrogen-bond donors (Lipinski definition) is 0. The average molecular weight is 656 g/mol. The minimum Gasteiger partial charge on any atom is -0.208 e. The fraction of sp³-hybridized carbons (Fsp3) is 0.0217. The van der Waals surface area contributed by atoms with Crippen LogP contribution >= 0.6 is 11.8 Å². The molecule has 0 bridgehead atoms. The molecule has 0 saturated heterocycles. The summed E-state index contributed by atoms with van der Waals surface area (Å²) >= 11 is 1.86. The molecule has 0 atom stereocenters. The van der Waals surface area contributed by atoms with Crippen molar-refractivity contribution in [2.75, 3.05) is 0 Å². The Morgan fingerprint density at radius 2 is 0.740 bits per heavy atom. The van der Waals surface area contributed by atoms with Crippen LogP contribution in [0.25, 0.3) is 56.4 Å². The third-order valence-corrected chi connectivity index (χ3v) is 11.2. The molecule has 50 heavy (non-hydrogen) atoms. The van der Waals surface area contributed by atoms with E-state index in [1.54, 1.807) is 0 Å². The van der Waals surface area contributed by atoms with Crippen LogP contribution in [0.3, 0.4) is 0 Å². The Morgan fingerprint density at radius 1 is 0.320 bits per heavy atom.